The zero-order valence-electron chi connectivity index (χ0n) is 19.7. The molecule has 2 aliphatic rings. The van der Waals surface area contributed by atoms with E-state index in [0.717, 1.165) is 64.2 Å². The minimum atomic E-state index is -0.805. The van der Waals surface area contributed by atoms with Gasteiger partial charge in [-0.3, -0.25) is 19.2 Å². The molecule has 0 heterocycles. The van der Waals surface area contributed by atoms with Gasteiger partial charge in [-0.05, 0) is 51.4 Å². The molecule has 2 fully saturated rings. The summed E-state index contributed by atoms with van der Waals surface area (Å²) in [4.78, 5) is 50.4. The number of ether oxygens (including phenoxy) is 2. The van der Waals surface area contributed by atoms with Gasteiger partial charge in [0.05, 0.1) is 13.2 Å². The maximum absolute atomic E-state index is 12.8. The van der Waals surface area contributed by atoms with Crippen molar-refractivity contribution < 1.29 is 28.7 Å². The van der Waals surface area contributed by atoms with E-state index in [1.165, 1.54) is 0 Å². The van der Waals surface area contributed by atoms with E-state index >= 15 is 0 Å². The van der Waals surface area contributed by atoms with Crippen molar-refractivity contribution in [2.24, 2.45) is 23.7 Å². The highest BCUT2D eigenvalue weighted by atomic mass is 16.5. The van der Waals surface area contributed by atoms with Gasteiger partial charge in [0, 0.05) is 13.1 Å². The first-order valence-electron chi connectivity index (χ1n) is 12.4. The molecule has 0 aromatic rings. The average Bonchev–Trinajstić information content (AvgIpc) is 2.79. The first-order chi connectivity index (χ1) is 15.5. The molecule has 32 heavy (non-hydrogen) atoms. The monoisotopic (exact) mass is 452 g/mol. The molecule has 8 nitrogen and oxygen atoms in total. The fourth-order valence-electron chi connectivity index (χ4n) is 5.02. The van der Waals surface area contributed by atoms with Gasteiger partial charge in [-0.25, -0.2) is 0 Å². The summed E-state index contributed by atoms with van der Waals surface area (Å²) in [7, 11) is 0. The Hall–Kier alpha value is -2.12. The van der Waals surface area contributed by atoms with Crippen molar-refractivity contribution in [2.45, 2.75) is 78.1 Å². The smallest absolute Gasteiger partial charge is 0.318 e. The van der Waals surface area contributed by atoms with Crippen molar-refractivity contribution in [1.82, 2.24) is 10.6 Å². The number of hydrogen-bond donors (Lipinski definition) is 2. The van der Waals surface area contributed by atoms with E-state index < -0.39 is 23.8 Å². The van der Waals surface area contributed by atoms with Gasteiger partial charge >= 0.3 is 11.9 Å². The summed E-state index contributed by atoms with van der Waals surface area (Å²) < 4.78 is 10.3. The molecule has 8 heteroatoms. The molecule has 0 aliphatic heterocycles. The maximum Gasteiger partial charge on any atom is 0.318 e. The minimum Gasteiger partial charge on any atom is -0.465 e. The summed E-state index contributed by atoms with van der Waals surface area (Å²) >= 11 is 0. The summed E-state index contributed by atoms with van der Waals surface area (Å²) in [5.41, 5.74) is 0. The molecule has 0 spiro atoms. The zero-order chi connectivity index (χ0) is 23.3. The number of amides is 2. The Morgan fingerprint density at radius 1 is 0.656 bits per heavy atom. The first-order valence-corrected chi connectivity index (χ1v) is 12.4. The van der Waals surface area contributed by atoms with Crippen LogP contribution in [0.15, 0.2) is 0 Å². The SMILES string of the molecule is CCOC(=O)C(C(=O)NCCNC(=O)C(C(=O)OCC)C1CCCCC1)C1CCCCC1. The van der Waals surface area contributed by atoms with E-state index in [-0.39, 0.29) is 50.0 Å². The number of rotatable bonds is 11. The second kappa shape index (κ2) is 14.1. The molecule has 0 bridgehead atoms. The van der Waals surface area contributed by atoms with Crippen molar-refractivity contribution >= 4 is 23.8 Å². The van der Waals surface area contributed by atoms with Gasteiger partial charge in [0.1, 0.15) is 11.8 Å². The number of esters is 2. The summed E-state index contributed by atoms with van der Waals surface area (Å²) in [6, 6.07) is 0. The Kier molecular flexibility index (Phi) is 11.5. The van der Waals surface area contributed by atoms with Crippen LogP contribution >= 0.6 is 0 Å². The van der Waals surface area contributed by atoms with Crippen LogP contribution in [-0.4, -0.2) is 50.1 Å². The molecule has 0 radical (unpaired) electrons. The van der Waals surface area contributed by atoms with Gasteiger partial charge in [-0.15, -0.1) is 0 Å². The van der Waals surface area contributed by atoms with Crippen LogP contribution in [0.1, 0.15) is 78.1 Å². The molecule has 2 atom stereocenters. The second-order valence-electron chi connectivity index (χ2n) is 8.84. The largest absolute Gasteiger partial charge is 0.465 e. The topological polar surface area (TPSA) is 111 Å². The lowest BCUT2D eigenvalue weighted by atomic mass is 9.79. The number of nitrogens with one attached hydrogen (secondary N) is 2. The van der Waals surface area contributed by atoms with Gasteiger partial charge in [-0.2, -0.15) is 0 Å². The van der Waals surface area contributed by atoms with Crippen LogP contribution < -0.4 is 10.6 Å². The van der Waals surface area contributed by atoms with E-state index in [1.807, 2.05) is 0 Å². The fraction of sp³-hybridized carbons (Fsp3) is 0.833. The van der Waals surface area contributed by atoms with Gasteiger partial charge in [0.25, 0.3) is 0 Å². The van der Waals surface area contributed by atoms with Crippen LogP contribution in [0.3, 0.4) is 0 Å². The van der Waals surface area contributed by atoms with Crippen molar-refractivity contribution in [2.75, 3.05) is 26.3 Å². The van der Waals surface area contributed by atoms with E-state index in [4.69, 9.17) is 9.47 Å². The van der Waals surface area contributed by atoms with Crippen molar-refractivity contribution in [3.8, 4) is 0 Å². The lowest BCUT2D eigenvalue weighted by Crippen LogP contribution is -2.46. The number of hydrogen-bond acceptors (Lipinski definition) is 6. The summed E-state index contributed by atoms with van der Waals surface area (Å²) in [5.74, 6) is -3.26. The van der Waals surface area contributed by atoms with Crippen molar-refractivity contribution in [1.29, 1.82) is 0 Å². The summed E-state index contributed by atoms with van der Waals surface area (Å²) in [6.07, 6.45) is 9.69. The predicted molar refractivity (Wildman–Crippen MR) is 119 cm³/mol. The van der Waals surface area contributed by atoms with Crippen LogP contribution in [0.4, 0.5) is 0 Å². The molecule has 0 aromatic carbocycles. The van der Waals surface area contributed by atoms with E-state index in [0.29, 0.717) is 0 Å². The Balaban J connectivity index is 1.87. The van der Waals surface area contributed by atoms with E-state index in [9.17, 15) is 19.2 Å². The van der Waals surface area contributed by atoms with Crippen molar-refractivity contribution in [3.05, 3.63) is 0 Å². The summed E-state index contributed by atoms with van der Waals surface area (Å²) in [6.45, 7) is 4.32. The van der Waals surface area contributed by atoms with Gasteiger partial charge in [-0.1, -0.05) is 38.5 Å². The van der Waals surface area contributed by atoms with Crippen LogP contribution in [0.2, 0.25) is 0 Å². The lowest BCUT2D eigenvalue weighted by Gasteiger charge is -2.28. The number of carbonyl (C=O) groups is 4. The Morgan fingerprint density at radius 2 is 1.00 bits per heavy atom. The van der Waals surface area contributed by atoms with E-state index in [2.05, 4.69) is 10.6 Å². The molecule has 182 valence electrons. The third-order valence-corrected chi connectivity index (χ3v) is 6.61. The predicted octanol–water partition coefficient (Wildman–Crippen LogP) is 2.74. The van der Waals surface area contributed by atoms with Crippen LogP contribution in [0.25, 0.3) is 0 Å². The normalized spacial score (nSPS) is 19.4. The van der Waals surface area contributed by atoms with Crippen LogP contribution in [-0.2, 0) is 28.7 Å². The standard InChI is InChI=1S/C24H40N2O6/c1-3-31-23(29)19(17-11-7-5-8-12-17)21(27)25-15-16-26-22(28)20(24(30)32-4-2)18-13-9-6-10-14-18/h17-20H,3-16H2,1-2H3,(H,25,27)(H,26,28). The quantitative estimate of drug-likeness (QED) is 0.283. The molecule has 2 amide bonds. The highest BCUT2D eigenvalue weighted by molar-refractivity contribution is 5.99. The Morgan fingerprint density at radius 3 is 1.31 bits per heavy atom. The Labute approximate surface area is 191 Å². The van der Waals surface area contributed by atoms with E-state index in [1.54, 1.807) is 13.8 Å². The zero-order valence-corrected chi connectivity index (χ0v) is 19.7. The average molecular weight is 453 g/mol. The third-order valence-electron chi connectivity index (χ3n) is 6.61. The van der Waals surface area contributed by atoms with Gasteiger partial charge < -0.3 is 20.1 Å². The minimum absolute atomic E-state index is 0.00288. The summed E-state index contributed by atoms with van der Waals surface area (Å²) in [5, 5.41) is 5.55. The first kappa shape index (κ1) is 26.1. The maximum atomic E-state index is 12.8. The molecule has 2 N–H and O–H groups in total. The van der Waals surface area contributed by atoms with Gasteiger partial charge in [0.2, 0.25) is 11.8 Å². The molecule has 2 saturated carbocycles. The number of carbonyl (C=O) groups excluding carboxylic acids is 4. The highest BCUT2D eigenvalue weighted by Crippen LogP contribution is 2.32. The van der Waals surface area contributed by atoms with Crippen LogP contribution in [0.5, 0.6) is 0 Å². The lowest BCUT2D eigenvalue weighted by molar-refractivity contribution is -0.157. The second-order valence-corrected chi connectivity index (χ2v) is 8.84. The fourth-order valence-corrected chi connectivity index (χ4v) is 5.02. The molecule has 2 aliphatic carbocycles. The van der Waals surface area contributed by atoms with Gasteiger partial charge in [0.15, 0.2) is 0 Å². The molecule has 2 rings (SSSR count). The molecular formula is C24H40N2O6. The molecule has 2 unspecified atom stereocenters. The third kappa shape index (κ3) is 7.78. The molecule has 0 aromatic heterocycles. The highest BCUT2D eigenvalue weighted by Gasteiger charge is 2.38. The molecular weight excluding hydrogens is 412 g/mol. The molecule has 0 saturated heterocycles. The van der Waals surface area contributed by atoms with Crippen molar-refractivity contribution in [3.63, 3.8) is 0 Å². The Bertz CT molecular complexity index is 572. The van der Waals surface area contributed by atoms with Crippen LogP contribution in [0, 0.1) is 23.7 Å².